The highest BCUT2D eigenvalue weighted by Crippen LogP contribution is 2.17. The normalized spacial score (nSPS) is 19.8. The number of aliphatic hydroxyl groups excluding tert-OH is 1. The lowest BCUT2D eigenvalue weighted by atomic mass is 10.00. The van der Waals surface area contributed by atoms with E-state index in [2.05, 4.69) is 20.8 Å². The molecule has 3 N–H and O–H groups in total. The molecule has 0 spiro atoms. The van der Waals surface area contributed by atoms with Crippen LogP contribution in [0.2, 0.25) is 0 Å². The molecule has 116 valence electrons. The van der Waals surface area contributed by atoms with E-state index >= 15 is 0 Å². The summed E-state index contributed by atoms with van der Waals surface area (Å²) in [7, 11) is 0. The maximum Gasteiger partial charge on any atom is 0.243 e. The Balaban J connectivity index is 2.50. The van der Waals surface area contributed by atoms with E-state index in [1.54, 1.807) is 4.90 Å². The minimum Gasteiger partial charge on any atom is -0.396 e. The molecule has 5 heteroatoms. The molecule has 1 fully saturated rings. The Morgan fingerprint density at radius 2 is 2.25 bits per heavy atom. The molecule has 0 aromatic carbocycles. The molecule has 1 heterocycles. The molecule has 1 amide bonds. The average molecular weight is 283 g/mol. The lowest BCUT2D eigenvalue weighted by Gasteiger charge is -2.22. The highest BCUT2D eigenvalue weighted by Gasteiger charge is 2.25. The average Bonchev–Trinajstić information content (AvgIpc) is 2.86. The van der Waals surface area contributed by atoms with Crippen LogP contribution in [0.1, 0.15) is 40.0 Å². The van der Waals surface area contributed by atoms with Crippen molar-refractivity contribution >= 4 is 5.91 Å². The summed E-state index contributed by atoms with van der Waals surface area (Å²) in [4.78, 5) is 13.9. The first kappa shape index (κ1) is 17.0. The van der Waals surface area contributed by atoms with Crippen molar-refractivity contribution in [1.29, 1.82) is 0 Å². The van der Waals surface area contributed by atoms with Gasteiger partial charge in [-0.05, 0) is 18.8 Å². The molecule has 1 rings (SSSR count). The third kappa shape index (κ3) is 5.13. The maximum atomic E-state index is 12.1. The fraction of sp³-hybridized carbons (Fsp3) is 0.800. The predicted octanol–water partition coefficient (Wildman–Crippen LogP) is 1.34. The minimum atomic E-state index is 0.0410. The number of allylic oxidation sites excluding steroid dienone is 1. The van der Waals surface area contributed by atoms with Crippen LogP contribution in [0.25, 0.3) is 0 Å². The van der Waals surface area contributed by atoms with Gasteiger partial charge in [0.15, 0.2) is 0 Å². The molecule has 20 heavy (non-hydrogen) atoms. The van der Waals surface area contributed by atoms with Gasteiger partial charge in [0.2, 0.25) is 5.91 Å². The summed E-state index contributed by atoms with van der Waals surface area (Å²) < 4.78 is 0. The van der Waals surface area contributed by atoms with Crippen molar-refractivity contribution in [3.8, 4) is 0 Å². The van der Waals surface area contributed by atoms with Gasteiger partial charge in [-0.25, -0.2) is 5.84 Å². The van der Waals surface area contributed by atoms with Gasteiger partial charge in [-0.15, -0.1) is 0 Å². The SMILES string of the molecule is CCC/C(=C\N(N)CC(=O)N1CCC(CO)C1)C(C)C. The Labute approximate surface area is 122 Å². The molecule has 1 unspecified atom stereocenters. The van der Waals surface area contributed by atoms with E-state index in [9.17, 15) is 4.79 Å². The number of hydrogen-bond acceptors (Lipinski definition) is 4. The Hall–Kier alpha value is -1.07. The van der Waals surface area contributed by atoms with Crippen LogP contribution < -0.4 is 5.84 Å². The molecule has 0 aromatic rings. The van der Waals surface area contributed by atoms with Crippen LogP contribution in [0.4, 0.5) is 0 Å². The van der Waals surface area contributed by atoms with Gasteiger partial charge < -0.3 is 15.0 Å². The van der Waals surface area contributed by atoms with Gasteiger partial charge in [0.25, 0.3) is 0 Å². The summed E-state index contributed by atoms with van der Waals surface area (Å²) in [5.41, 5.74) is 1.28. The highest BCUT2D eigenvalue weighted by molar-refractivity contribution is 5.78. The van der Waals surface area contributed by atoms with Gasteiger partial charge in [-0.2, -0.15) is 0 Å². The minimum absolute atomic E-state index is 0.0410. The number of amides is 1. The van der Waals surface area contributed by atoms with Crippen molar-refractivity contribution in [1.82, 2.24) is 9.91 Å². The predicted molar refractivity (Wildman–Crippen MR) is 80.5 cm³/mol. The first-order chi connectivity index (χ1) is 9.47. The number of hydrogen-bond donors (Lipinski definition) is 2. The number of carbonyl (C=O) groups is 1. The molecule has 1 atom stereocenters. The standard InChI is InChI=1S/C15H29N3O2/c1-4-5-14(12(2)3)9-18(16)10-15(20)17-7-6-13(8-17)11-19/h9,12-13,19H,4-8,10-11,16H2,1-3H3/b14-9+. The van der Waals surface area contributed by atoms with E-state index in [0.29, 0.717) is 12.5 Å². The number of rotatable bonds is 7. The number of nitrogens with two attached hydrogens (primary N) is 1. The molecule has 1 aliphatic rings. The van der Waals surface area contributed by atoms with Gasteiger partial charge >= 0.3 is 0 Å². The van der Waals surface area contributed by atoms with Crippen molar-refractivity contribution in [2.45, 2.75) is 40.0 Å². The molecular formula is C15H29N3O2. The van der Waals surface area contributed by atoms with Crippen LogP contribution in [-0.2, 0) is 4.79 Å². The Morgan fingerprint density at radius 1 is 1.55 bits per heavy atom. The summed E-state index contributed by atoms with van der Waals surface area (Å²) in [5.74, 6) is 6.65. The lowest BCUT2D eigenvalue weighted by molar-refractivity contribution is -0.131. The molecule has 5 nitrogen and oxygen atoms in total. The van der Waals surface area contributed by atoms with E-state index in [-0.39, 0.29) is 25.0 Å². The summed E-state index contributed by atoms with van der Waals surface area (Å²) in [6.07, 6.45) is 4.88. The van der Waals surface area contributed by atoms with Gasteiger partial charge in [-0.1, -0.05) is 32.8 Å². The van der Waals surface area contributed by atoms with Crippen molar-refractivity contribution in [2.75, 3.05) is 26.2 Å². The number of likely N-dealkylation sites (tertiary alicyclic amines) is 1. The number of nitrogens with zero attached hydrogens (tertiary/aromatic N) is 2. The second-order valence-corrected chi connectivity index (χ2v) is 5.96. The zero-order valence-corrected chi connectivity index (χ0v) is 13.0. The summed E-state index contributed by atoms with van der Waals surface area (Å²) in [6, 6.07) is 0. The molecule has 0 aromatic heterocycles. The summed E-state index contributed by atoms with van der Waals surface area (Å²) in [6.45, 7) is 8.17. The van der Waals surface area contributed by atoms with Crippen LogP contribution in [0.15, 0.2) is 11.8 Å². The topological polar surface area (TPSA) is 69.8 Å². The number of hydrazine groups is 1. The second kappa shape index (κ2) is 8.27. The zero-order chi connectivity index (χ0) is 15.1. The quantitative estimate of drug-likeness (QED) is 0.546. The molecule has 0 saturated carbocycles. The maximum absolute atomic E-state index is 12.1. The first-order valence-corrected chi connectivity index (χ1v) is 7.58. The number of carbonyl (C=O) groups excluding carboxylic acids is 1. The molecule has 0 bridgehead atoms. The molecule has 1 aliphatic heterocycles. The first-order valence-electron chi connectivity index (χ1n) is 7.58. The molecule has 0 aliphatic carbocycles. The Kier molecular flexibility index (Phi) is 7.02. The van der Waals surface area contributed by atoms with Crippen LogP contribution in [0.3, 0.4) is 0 Å². The third-order valence-electron chi connectivity index (χ3n) is 3.83. The number of aliphatic hydroxyl groups is 1. The van der Waals surface area contributed by atoms with Crippen molar-refractivity contribution < 1.29 is 9.90 Å². The van der Waals surface area contributed by atoms with Crippen LogP contribution in [0, 0.1) is 11.8 Å². The van der Waals surface area contributed by atoms with Gasteiger partial charge in [0, 0.05) is 31.8 Å². The largest absolute Gasteiger partial charge is 0.396 e. The van der Waals surface area contributed by atoms with Gasteiger partial charge in [-0.3, -0.25) is 4.79 Å². The smallest absolute Gasteiger partial charge is 0.243 e. The summed E-state index contributed by atoms with van der Waals surface area (Å²) >= 11 is 0. The van der Waals surface area contributed by atoms with Crippen LogP contribution in [-0.4, -0.2) is 47.2 Å². The van der Waals surface area contributed by atoms with E-state index in [1.807, 2.05) is 6.20 Å². The third-order valence-corrected chi connectivity index (χ3v) is 3.83. The second-order valence-electron chi connectivity index (χ2n) is 5.96. The summed E-state index contributed by atoms with van der Waals surface area (Å²) in [5, 5.41) is 10.6. The monoisotopic (exact) mass is 283 g/mol. The van der Waals surface area contributed by atoms with Crippen LogP contribution >= 0.6 is 0 Å². The Morgan fingerprint density at radius 3 is 2.75 bits per heavy atom. The van der Waals surface area contributed by atoms with Crippen LogP contribution in [0.5, 0.6) is 0 Å². The van der Waals surface area contributed by atoms with E-state index in [1.165, 1.54) is 10.6 Å². The highest BCUT2D eigenvalue weighted by atomic mass is 16.3. The van der Waals surface area contributed by atoms with E-state index in [0.717, 1.165) is 25.8 Å². The molecule has 0 radical (unpaired) electrons. The Bertz CT molecular complexity index is 342. The fourth-order valence-electron chi connectivity index (χ4n) is 2.51. The van der Waals surface area contributed by atoms with Crippen molar-refractivity contribution in [3.63, 3.8) is 0 Å². The van der Waals surface area contributed by atoms with E-state index < -0.39 is 0 Å². The molecular weight excluding hydrogens is 254 g/mol. The van der Waals surface area contributed by atoms with E-state index in [4.69, 9.17) is 10.9 Å². The van der Waals surface area contributed by atoms with Gasteiger partial charge in [0.05, 0.1) is 0 Å². The fourth-order valence-corrected chi connectivity index (χ4v) is 2.51. The lowest BCUT2D eigenvalue weighted by Crippen LogP contribution is -2.40. The van der Waals surface area contributed by atoms with Gasteiger partial charge in [0.1, 0.15) is 6.54 Å². The van der Waals surface area contributed by atoms with Crippen molar-refractivity contribution in [3.05, 3.63) is 11.8 Å². The zero-order valence-electron chi connectivity index (χ0n) is 13.0. The van der Waals surface area contributed by atoms with Crippen molar-refractivity contribution in [2.24, 2.45) is 17.7 Å². The molecule has 1 saturated heterocycles.